The summed E-state index contributed by atoms with van der Waals surface area (Å²) in [7, 11) is 0. The van der Waals surface area contributed by atoms with Gasteiger partial charge in [-0.1, -0.05) is 19.1 Å². The number of carbonyl (C=O) groups is 2. The van der Waals surface area contributed by atoms with Crippen LogP contribution in [0.25, 0.3) is 21.9 Å². The number of Topliss-reactive ketones (excluding diaryl/α,β-unsaturated/α-hetero) is 1. The number of aromatic nitrogens is 1. The summed E-state index contributed by atoms with van der Waals surface area (Å²) in [6.45, 7) is 2.67. The van der Waals surface area contributed by atoms with Crippen molar-refractivity contribution in [1.82, 2.24) is 9.88 Å². The second kappa shape index (κ2) is 8.30. The van der Waals surface area contributed by atoms with Gasteiger partial charge in [-0.15, -0.1) is 0 Å². The van der Waals surface area contributed by atoms with Crippen molar-refractivity contribution in [2.24, 2.45) is 5.92 Å². The van der Waals surface area contributed by atoms with Crippen molar-refractivity contribution in [2.75, 3.05) is 13.1 Å². The van der Waals surface area contributed by atoms with E-state index in [1.165, 1.54) is 12.1 Å². The molecule has 0 atom stereocenters. The van der Waals surface area contributed by atoms with Gasteiger partial charge in [-0.3, -0.25) is 14.6 Å². The predicted molar refractivity (Wildman–Crippen MR) is 111 cm³/mol. The van der Waals surface area contributed by atoms with E-state index in [1.54, 1.807) is 30.3 Å². The van der Waals surface area contributed by atoms with Crippen molar-refractivity contribution in [3.8, 4) is 11.1 Å². The van der Waals surface area contributed by atoms with E-state index in [4.69, 9.17) is 0 Å². The molecule has 4 rings (SSSR count). The highest BCUT2D eigenvalue weighted by atomic mass is 19.1. The lowest BCUT2D eigenvalue weighted by atomic mass is 9.87. The number of ketones is 1. The second-order valence-electron chi connectivity index (χ2n) is 7.63. The Labute approximate surface area is 173 Å². The van der Waals surface area contributed by atoms with Crippen LogP contribution in [0, 0.1) is 17.6 Å². The number of hydrogen-bond donors (Lipinski definition) is 0. The fourth-order valence-corrected chi connectivity index (χ4v) is 4.06. The SMILES string of the molecule is CCC(=O)N1CCC(C(=O)c2c(F)cc(-c3ccc4cnccc4c3)cc2F)CC1. The summed E-state index contributed by atoms with van der Waals surface area (Å²) in [5.74, 6) is -2.67. The topological polar surface area (TPSA) is 50.3 Å². The van der Waals surface area contributed by atoms with Crippen LogP contribution in [0.2, 0.25) is 0 Å². The van der Waals surface area contributed by atoms with Crippen LogP contribution in [0.15, 0.2) is 48.8 Å². The van der Waals surface area contributed by atoms with Gasteiger partial charge >= 0.3 is 0 Å². The first-order chi connectivity index (χ1) is 14.5. The smallest absolute Gasteiger partial charge is 0.222 e. The quantitative estimate of drug-likeness (QED) is 0.570. The first-order valence-corrected chi connectivity index (χ1v) is 10.1. The Balaban J connectivity index is 1.58. The van der Waals surface area contributed by atoms with E-state index in [2.05, 4.69) is 4.98 Å². The minimum absolute atomic E-state index is 0.0359. The molecule has 3 aromatic rings. The van der Waals surface area contributed by atoms with Crippen LogP contribution in [0.1, 0.15) is 36.5 Å². The standard InChI is InChI=1S/C24H22F2N2O2/c1-2-22(29)28-9-6-15(7-10-28)24(30)23-20(25)12-19(13-21(23)26)16-3-4-18-14-27-8-5-17(18)11-16/h3-5,8,11-15H,2,6-7,9-10H2,1H3. The van der Waals surface area contributed by atoms with Crippen molar-refractivity contribution in [3.05, 3.63) is 66.0 Å². The van der Waals surface area contributed by atoms with Gasteiger partial charge in [0.25, 0.3) is 0 Å². The normalized spacial score (nSPS) is 14.8. The van der Waals surface area contributed by atoms with Gasteiger partial charge in [0.15, 0.2) is 5.78 Å². The van der Waals surface area contributed by atoms with Crippen molar-refractivity contribution >= 4 is 22.5 Å². The van der Waals surface area contributed by atoms with Crippen LogP contribution in [0.5, 0.6) is 0 Å². The second-order valence-corrected chi connectivity index (χ2v) is 7.63. The average molecular weight is 408 g/mol. The van der Waals surface area contributed by atoms with Gasteiger partial charge in [0, 0.05) is 43.2 Å². The number of hydrogen-bond acceptors (Lipinski definition) is 3. The Morgan fingerprint density at radius 2 is 1.70 bits per heavy atom. The molecule has 0 N–H and O–H groups in total. The van der Waals surface area contributed by atoms with Gasteiger partial charge in [-0.2, -0.15) is 0 Å². The zero-order valence-corrected chi connectivity index (χ0v) is 16.7. The van der Waals surface area contributed by atoms with Crippen molar-refractivity contribution < 1.29 is 18.4 Å². The maximum atomic E-state index is 14.8. The zero-order chi connectivity index (χ0) is 21.3. The Bertz CT molecular complexity index is 1100. The Kier molecular flexibility index (Phi) is 5.57. The number of benzene rings is 2. The minimum Gasteiger partial charge on any atom is -0.343 e. The number of pyridine rings is 1. The molecule has 0 unspecified atom stereocenters. The number of rotatable bonds is 4. The third kappa shape index (κ3) is 3.82. The molecule has 0 radical (unpaired) electrons. The lowest BCUT2D eigenvalue weighted by molar-refractivity contribution is -0.132. The van der Waals surface area contributed by atoms with Gasteiger partial charge in [-0.25, -0.2) is 8.78 Å². The van der Waals surface area contributed by atoms with E-state index >= 15 is 0 Å². The van der Waals surface area contributed by atoms with Crippen LogP contribution in [-0.2, 0) is 4.79 Å². The molecule has 0 spiro atoms. The van der Waals surface area contributed by atoms with Crippen molar-refractivity contribution in [1.29, 1.82) is 0 Å². The minimum atomic E-state index is -0.850. The number of nitrogens with zero attached hydrogens (tertiary/aromatic N) is 2. The molecule has 1 fully saturated rings. The Morgan fingerprint density at radius 3 is 2.37 bits per heavy atom. The summed E-state index contributed by atoms with van der Waals surface area (Å²) >= 11 is 0. The van der Waals surface area contributed by atoms with Gasteiger partial charge in [-0.05, 0) is 53.6 Å². The zero-order valence-electron chi connectivity index (χ0n) is 16.7. The fraction of sp³-hybridized carbons (Fsp3) is 0.292. The molecule has 1 amide bonds. The highest BCUT2D eigenvalue weighted by Gasteiger charge is 2.31. The highest BCUT2D eigenvalue weighted by molar-refractivity contribution is 5.99. The molecule has 0 saturated carbocycles. The van der Waals surface area contributed by atoms with Crippen LogP contribution < -0.4 is 0 Å². The Hall–Kier alpha value is -3.15. The molecule has 2 aromatic carbocycles. The largest absolute Gasteiger partial charge is 0.343 e. The van der Waals surface area contributed by atoms with Crippen LogP contribution >= 0.6 is 0 Å². The number of likely N-dealkylation sites (tertiary alicyclic amines) is 1. The maximum absolute atomic E-state index is 14.8. The lowest BCUT2D eigenvalue weighted by Crippen LogP contribution is -2.40. The molecule has 0 aliphatic carbocycles. The van der Waals surface area contributed by atoms with Crippen LogP contribution in [-0.4, -0.2) is 34.7 Å². The number of fused-ring (bicyclic) bond motifs is 1. The Morgan fingerprint density at radius 1 is 1.00 bits per heavy atom. The van der Waals surface area contributed by atoms with Gasteiger partial charge in [0.05, 0.1) is 5.56 Å². The molecule has 30 heavy (non-hydrogen) atoms. The summed E-state index contributed by atoms with van der Waals surface area (Å²) in [6.07, 6.45) is 4.64. The fourth-order valence-electron chi connectivity index (χ4n) is 4.06. The molecule has 1 aliphatic rings. The van der Waals surface area contributed by atoms with Gasteiger partial charge in [0.2, 0.25) is 5.91 Å². The molecule has 1 aromatic heterocycles. The summed E-state index contributed by atoms with van der Waals surface area (Å²) in [4.78, 5) is 30.4. The van der Waals surface area contributed by atoms with Crippen LogP contribution in [0.4, 0.5) is 8.78 Å². The molecule has 0 bridgehead atoms. The molecule has 2 heterocycles. The summed E-state index contributed by atoms with van der Waals surface area (Å²) in [6, 6.07) is 9.73. The van der Waals surface area contributed by atoms with Gasteiger partial charge < -0.3 is 4.90 Å². The van der Waals surface area contributed by atoms with E-state index in [0.717, 1.165) is 10.8 Å². The first kappa shape index (κ1) is 20.1. The molecular weight excluding hydrogens is 386 g/mol. The van der Waals surface area contributed by atoms with Crippen molar-refractivity contribution in [2.45, 2.75) is 26.2 Å². The maximum Gasteiger partial charge on any atom is 0.222 e. The average Bonchev–Trinajstić information content (AvgIpc) is 2.77. The van der Waals surface area contributed by atoms with Crippen LogP contribution in [0.3, 0.4) is 0 Å². The number of amides is 1. The molecule has 1 saturated heterocycles. The number of halogens is 2. The number of piperidine rings is 1. The molecule has 4 nitrogen and oxygen atoms in total. The van der Waals surface area contributed by atoms with Crippen molar-refractivity contribution in [3.63, 3.8) is 0 Å². The third-order valence-electron chi connectivity index (χ3n) is 5.78. The summed E-state index contributed by atoms with van der Waals surface area (Å²) < 4.78 is 29.7. The van der Waals surface area contributed by atoms with Gasteiger partial charge in [0.1, 0.15) is 11.6 Å². The third-order valence-corrected chi connectivity index (χ3v) is 5.78. The highest BCUT2D eigenvalue weighted by Crippen LogP contribution is 2.30. The van der Waals surface area contributed by atoms with E-state index < -0.39 is 28.9 Å². The summed E-state index contributed by atoms with van der Waals surface area (Å²) in [5, 5.41) is 1.85. The molecule has 1 aliphatic heterocycles. The van der Waals surface area contributed by atoms with E-state index in [-0.39, 0.29) is 5.91 Å². The predicted octanol–water partition coefficient (Wildman–Crippen LogP) is 5.01. The summed E-state index contributed by atoms with van der Waals surface area (Å²) in [5.41, 5.74) is 0.560. The first-order valence-electron chi connectivity index (χ1n) is 10.1. The molecule has 6 heteroatoms. The van der Waals surface area contributed by atoms with E-state index in [1.807, 2.05) is 18.2 Å². The monoisotopic (exact) mass is 408 g/mol. The lowest BCUT2D eigenvalue weighted by Gasteiger charge is -2.31. The number of carbonyl (C=O) groups excluding carboxylic acids is 2. The molecular formula is C24H22F2N2O2. The van der Waals surface area contributed by atoms with E-state index in [0.29, 0.717) is 43.5 Å². The van der Waals surface area contributed by atoms with E-state index in [9.17, 15) is 18.4 Å². The molecule has 154 valence electrons.